The Morgan fingerprint density at radius 2 is 2.15 bits per heavy atom. The predicted octanol–water partition coefficient (Wildman–Crippen LogP) is 2.59. The lowest BCUT2D eigenvalue weighted by atomic mass is 10.2. The third kappa shape index (κ3) is 3.13. The number of amides is 1. The highest BCUT2D eigenvalue weighted by atomic mass is 35.5. The van der Waals surface area contributed by atoms with Gasteiger partial charge in [0, 0.05) is 15.6 Å². The van der Waals surface area contributed by atoms with Gasteiger partial charge in [-0.15, -0.1) is 0 Å². The molecule has 70 valence electrons. The van der Waals surface area contributed by atoms with Gasteiger partial charge in [-0.1, -0.05) is 23.2 Å². The SMILES string of the molecule is NC(=O)OCc1cc(Cl)ccc1Cl. The van der Waals surface area contributed by atoms with Crippen LogP contribution in [0.3, 0.4) is 0 Å². The standard InChI is InChI=1S/C8H7Cl2NO2/c9-6-1-2-7(10)5(3-6)4-13-8(11)12/h1-3H,4H2,(H2,11,12). The minimum absolute atomic E-state index is 0.0364. The van der Waals surface area contributed by atoms with Crippen LogP contribution in [0.1, 0.15) is 5.56 Å². The molecule has 0 aliphatic carbocycles. The summed E-state index contributed by atoms with van der Waals surface area (Å²) >= 11 is 11.5. The molecule has 13 heavy (non-hydrogen) atoms. The zero-order chi connectivity index (χ0) is 9.84. The molecule has 0 radical (unpaired) electrons. The van der Waals surface area contributed by atoms with Crippen molar-refractivity contribution in [1.29, 1.82) is 0 Å². The Labute approximate surface area is 85.4 Å². The maximum Gasteiger partial charge on any atom is 0.404 e. The molecule has 0 heterocycles. The molecular formula is C8H7Cl2NO2. The second-order valence-corrected chi connectivity index (χ2v) is 3.19. The Morgan fingerprint density at radius 3 is 2.77 bits per heavy atom. The largest absolute Gasteiger partial charge is 0.445 e. The number of ether oxygens (including phenoxy) is 1. The number of nitrogens with two attached hydrogens (primary N) is 1. The molecule has 0 aromatic heterocycles. The van der Waals surface area contributed by atoms with Crippen LogP contribution in [-0.4, -0.2) is 6.09 Å². The minimum Gasteiger partial charge on any atom is -0.445 e. The Kier molecular flexibility index (Phi) is 3.39. The number of carbonyl (C=O) groups is 1. The van der Waals surface area contributed by atoms with E-state index in [9.17, 15) is 4.79 Å². The first kappa shape index (κ1) is 10.2. The van der Waals surface area contributed by atoms with Crippen LogP contribution in [0.25, 0.3) is 0 Å². The molecule has 0 aliphatic rings. The summed E-state index contributed by atoms with van der Waals surface area (Å²) in [6, 6.07) is 4.90. The third-order valence-electron chi connectivity index (χ3n) is 1.38. The molecule has 0 atom stereocenters. The Hall–Kier alpha value is -0.930. The van der Waals surface area contributed by atoms with E-state index >= 15 is 0 Å². The molecule has 0 bridgehead atoms. The fourth-order valence-corrected chi connectivity index (χ4v) is 1.17. The van der Waals surface area contributed by atoms with Crippen molar-refractivity contribution in [2.75, 3.05) is 0 Å². The molecule has 0 unspecified atom stereocenters. The van der Waals surface area contributed by atoms with Crippen molar-refractivity contribution >= 4 is 29.3 Å². The predicted molar refractivity (Wildman–Crippen MR) is 50.8 cm³/mol. The molecule has 0 spiro atoms. The maximum absolute atomic E-state index is 10.3. The van der Waals surface area contributed by atoms with E-state index in [1.54, 1.807) is 18.2 Å². The zero-order valence-electron chi connectivity index (χ0n) is 6.59. The van der Waals surface area contributed by atoms with Crippen molar-refractivity contribution in [3.63, 3.8) is 0 Å². The fraction of sp³-hybridized carbons (Fsp3) is 0.125. The first-order chi connectivity index (χ1) is 6.09. The van der Waals surface area contributed by atoms with E-state index in [0.29, 0.717) is 15.6 Å². The first-order valence-corrected chi connectivity index (χ1v) is 4.21. The average Bonchev–Trinajstić information content (AvgIpc) is 2.06. The summed E-state index contributed by atoms with van der Waals surface area (Å²) in [4.78, 5) is 10.3. The summed E-state index contributed by atoms with van der Waals surface area (Å²) in [6.45, 7) is 0.0364. The molecule has 1 amide bonds. The molecule has 0 aliphatic heterocycles. The van der Waals surface area contributed by atoms with Crippen molar-refractivity contribution in [1.82, 2.24) is 0 Å². The van der Waals surface area contributed by atoms with E-state index < -0.39 is 6.09 Å². The Balaban J connectivity index is 2.75. The highest BCUT2D eigenvalue weighted by Gasteiger charge is 2.03. The fourth-order valence-electron chi connectivity index (χ4n) is 0.803. The molecule has 1 aromatic rings. The molecular weight excluding hydrogens is 213 g/mol. The zero-order valence-corrected chi connectivity index (χ0v) is 8.10. The molecule has 1 aromatic carbocycles. The van der Waals surface area contributed by atoms with E-state index in [0.717, 1.165) is 0 Å². The lowest BCUT2D eigenvalue weighted by Crippen LogP contribution is -2.12. The van der Waals surface area contributed by atoms with Gasteiger partial charge >= 0.3 is 6.09 Å². The summed E-state index contributed by atoms with van der Waals surface area (Å²) in [5, 5.41) is 1.03. The lowest BCUT2D eigenvalue weighted by molar-refractivity contribution is 0.150. The first-order valence-electron chi connectivity index (χ1n) is 3.46. The molecule has 1 rings (SSSR count). The van der Waals surface area contributed by atoms with Crippen molar-refractivity contribution in [2.45, 2.75) is 6.61 Å². The summed E-state index contributed by atoms with van der Waals surface area (Å²) in [5.74, 6) is 0. The summed E-state index contributed by atoms with van der Waals surface area (Å²) in [6.07, 6.45) is -0.837. The van der Waals surface area contributed by atoms with Crippen LogP contribution < -0.4 is 5.73 Å². The van der Waals surface area contributed by atoms with Crippen LogP contribution >= 0.6 is 23.2 Å². The Morgan fingerprint density at radius 1 is 1.46 bits per heavy atom. The van der Waals surface area contributed by atoms with Crippen LogP contribution in [0.15, 0.2) is 18.2 Å². The normalized spacial score (nSPS) is 9.69. The van der Waals surface area contributed by atoms with Gasteiger partial charge in [-0.2, -0.15) is 0 Å². The number of benzene rings is 1. The molecule has 5 heteroatoms. The van der Waals surface area contributed by atoms with Crippen LogP contribution in [0.5, 0.6) is 0 Å². The molecule has 0 saturated carbocycles. The number of halogens is 2. The van der Waals surface area contributed by atoms with Crippen molar-refractivity contribution < 1.29 is 9.53 Å². The van der Waals surface area contributed by atoms with Gasteiger partial charge in [0.05, 0.1) is 0 Å². The molecule has 3 nitrogen and oxygen atoms in total. The highest BCUT2D eigenvalue weighted by molar-refractivity contribution is 6.33. The number of rotatable bonds is 2. The number of hydrogen-bond acceptors (Lipinski definition) is 2. The van der Waals surface area contributed by atoms with Gasteiger partial charge in [-0.05, 0) is 18.2 Å². The number of hydrogen-bond donors (Lipinski definition) is 1. The quantitative estimate of drug-likeness (QED) is 0.832. The van der Waals surface area contributed by atoms with E-state index in [4.69, 9.17) is 28.9 Å². The smallest absolute Gasteiger partial charge is 0.404 e. The summed E-state index contributed by atoms with van der Waals surface area (Å²) in [5.41, 5.74) is 5.42. The van der Waals surface area contributed by atoms with Crippen LogP contribution in [-0.2, 0) is 11.3 Å². The number of primary amides is 1. The van der Waals surface area contributed by atoms with Gasteiger partial charge in [-0.3, -0.25) is 0 Å². The van der Waals surface area contributed by atoms with Gasteiger partial charge in [-0.25, -0.2) is 4.79 Å². The van der Waals surface area contributed by atoms with Crippen molar-refractivity contribution in [2.24, 2.45) is 5.73 Å². The lowest BCUT2D eigenvalue weighted by Gasteiger charge is -2.04. The van der Waals surface area contributed by atoms with E-state index in [1.807, 2.05) is 0 Å². The topological polar surface area (TPSA) is 52.3 Å². The van der Waals surface area contributed by atoms with Gasteiger partial charge in [0.15, 0.2) is 0 Å². The van der Waals surface area contributed by atoms with Crippen molar-refractivity contribution in [3.05, 3.63) is 33.8 Å². The van der Waals surface area contributed by atoms with Gasteiger partial charge in [0.25, 0.3) is 0 Å². The second kappa shape index (κ2) is 4.35. The molecule has 2 N–H and O–H groups in total. The van der Waals surface area contributed by atoms with Crippen molar-refractivity contribution in [3.8, 4) is 0 Å². The van der Waals surface area contributed by atoms with Gasteiger partial charge in [0.1, 0.15) is 6.61 Å². The molecule has 0 saturated heterocycles. The van der Waals surface area contributed by atoms with Crippen LogP contribution in [0, 0.1) is 0 Å². The second-order valence-electron chi connectivity index (χ2n) is 2.34. The van der Waals surface area contributed by atoms with E-state index in [2.05, 4.69) is 4.74 Å². The van der Waals surface area contributed by atoms with Gasteiger partial charge in [0.2, 0.25) is 0 Å². The van der Waals surface area contributed by atoms with E-state index in [1.165, 1.54) is 0 Å². The highest BCUT2D eigenvalue weighted by Crippen LogP contribution is 2.21. The summed E-state index contributed by atoms with van der Waals surface area (Å²) < 4.78 is 4.56. The monoisotopic (exact) mass is 219 g/mol. The van der Waals surface area contributed by atoms with E-state index in [-0.39, 0.29) is 6.61 Å². The maximum atomic E-state index is 10.3. The van der Waals surface area contributed by atoms with Gasteiger partial charge < -0.3 is 10.5 Å². The molecule has 0 fully saturated rings. The summed E-state index contributed by atoms with van der Waals surface area (Å²) in [7, 11) is 0. The minimum atomic E-state index is -0.837. The van der Waals surface area contributed by atoms with Crippen LogP contribution in [0.2, 0.25) is 10.0 Å². The number of carbonyl (C=O) groups excluding carboxylic acids is 1. The Bertz CT molecular complexity index is 328. The average molecular weight is 220 g/mol. The van der Waals surface area contributed by atoms with Crippen LogP contribution in [0.4, 0.5) is 4.79 Å². The third-order valence-corrected chi connectivity index (χ3v) is 1.98.